The minimum absolute atomic E-state index is 0.0915. The van der Waals surface area contributed by atoms with E-state index >= 15 is 0 Å². The first-order valence-electron chi connectivity index (χ1n) is 9.02. The third-order valence-corrected chi connectivity index (χ3v) is 4.63. The van der Waals surface area contributed by atoms with Gasteiger partial charge >= 0.3 is 0 Å². The van der Waals surface area contributed by atoms with Crippen LogP contribution in [0.25, 0.3) is 0 Å². The number of nitro benzene ring substituents is 1. The molecule has 160 valence electrons. The first kappa shape index (κ1) is 21.0. The molecule has 2 aromatic carbocycles. The molecule has 0 N–H and O–H groups in total. The quantitative estimate of drug-likeness (QED) is 0.499. The Hall–Kier alpha value is -3.69. The van der Waals surface area contributed by atoms with Crippen LogP contribution in [0.5, 0.6) is 28.7 Å². The van der Waals surface area contributed by atoms with E-state index in [1.165, 1.54) is 38.4 Å². The van der Waals surface area contributed by atoms with Gasteiger partial charge in [-0.2, -0.15) is 0 Å². The molecule has 10 heteroatoms. The van der Waals surface area contributed by atoms with Crippen molar-refractivity contribution in [3.05, 3.63) is 45.5 Å². The van der Waals surface area contributed by atoms with Crippen LogP contribution in [0.15, 0.2) is 24.3 Å². The summed E-state index contributed by atoms with van der Waals surface area (Å²) in [5.74, 6) is 1.28. The van der Waals surface area contributed by atoms with Crippen molar-refractivity contribution in [2.24, 2.45) is 0 Å². The number of fused-ring (bicyclic) bond motifs is 1. The van der Waals surface area contributed by atoms with Gasteiger partial charge in [-0.3, -0.25) is 14.9 Å². The van der Waals surface area contributed by atoms with Crippen molar-refractivity contribution in [1.29, 1.82) is 0 Å². The molecule has 3 rings (SSSR count). The minimum Gasteiger partial charge on any atom is -0.493 e. The van der Waals surface area contributed by atoms with Crippen LogP contribution in [-0.4, -0.2) is 57.3 Å². The van der Waals surface area contributed by atoms with Crippen LogP contribution in [-0.2, 0) is 6.54 Å². The summed E-state index contributed by atoms with van der Waals surface area (Å²) >= 11 is 0. The first-order chi connectivity index (χ1) is 14.4. The highest BCUT2D eigenvalue weighted by atomic mass is 16.6. The molecule has 0 bridgehead atoms. The van der Waals surface area contributed by atoms with Gasteiger partial charge in [-0.25, -0.2) is 0 Å². The molecule has 1 aliphatic rings. The largest absolute Gasteiger partial charge is 0.493 e. The number of carbonyl (C=O) groups is 1. The lowest BCUT2D eigenvalue weighted by Crippen LogP contribution is -2.27. The van der Waals surface area contributed by atoms with Crippen molar-refractivity contribution in [2.75, 3.05) is 41.6 Å². The third kappa shape index (κ3) is 3.88. The number of amides is 1. The zero-order valence-corrected chi connectivity index (χ0v) is 17.1. The number of nitrogens with zero attached hydrogens (tertiary/aromatic N) is 2. The maximum Gasteiger partial charge on any atom is 0.286 e. The summed E-state index contributed by atoms with van der Waals surface area (Å²) < 4.78 is 26.9. The Labute approximate surface area is 173 Å². The van der Waals surface area contributed by atoms with E-state index in [2.05, 4.69) is 0 Å². The molecule has 0 unspecified atom stereocenters. The topological polar surface area (TPSA) is 110 Å². The van der Waals surface area contributed by atoms with E-state index in [-0.39, 0.29) is 30.2 Å². The van der Waals surface area contributed by atoms with Gasteiger partial charge in [-0.05, 0) is 12.1 Å². The summed E-state index contributed by atoms with van der Waals surface area (Å²) in [6, 6.07) is 5.99. The fourth-order valence-corrected chi connectivity index (χ4v) is 3.22. The second-order valence-corrected chi connectivity index (χ2v) is 6.42. The molecule has 10 nitrogen and oxygen atoms in total. The summed E-state index contributed by atoms with van der Waals surface area (Å²) in [6.45, 7) is 0.710. The summed E-state index contributed by atoms with van der Waals surface area (Å²) in [7, 11) is 6.01. The average molecular weight is 418 g/mol. The van der Waals surface area contributed by atoms with Crippen LogP contribution >= 0.6 is 0 Å². The SMILES string of the molecule is COc1ccc(CN(C)C(=O)c2cc3c(cc2[N+](=O)[O-])OCCO3)c(OC)c1OC. The van der Waals surface area contributed by atoms with Crippen molar-refractivity contribution in [2.45, 2.75) is 6.54 Å². The van der Waals surface area contributed by atoms with Gasteiger partial charge in [0.25, 0.3) is 11.6 Å². The Bertz CT molecular complexity index is 976. The van der Waals surface area contributed by atoms with Gasteiger partial charge in [0.1, 0.15) is 18.8 Å². The van der Waals surface area contributed by atoms with Gasteiger partial charge < -0.3 is 28.6 Å². The molecule has 0 saturated heterocycles. The Kier molecular flexibility index (Phi) is 6.14. The minimum atomic E-state index is -0.615. The van der Waals surface area contributed by atoms with Crippen LogP contribution in [0.1, 0.15) is 15.9 Å². The fraction of sp³-hybridized carbons (Fsp3) is 0.350. The van der Waals surface area contributed by atoms with Crippen molar-refractivity contribution >= 4 is 11.6 Å². The standard InChI is InChI=1S/C20H22N2O8/c1-21(11-12-5-6-15(26-2)19(28-4)18(12)27-3)20(23)13-9-16-17(30-8-7-29-16)10-14(13)22(24)25/h5-6,9-10H,7-8,11H2,1-4H3. The van der Waals surface area contributed by atoms with Gasteiger partial charge in [0.05, 0.1) is 32.3 Å². The van der Waals surface area contributed by atoms with E-state index in [9.17, 15) is 14.9 Å². The summed E-state index contributed by atoms with van der Waals surface area (Å²) in [4.78, 5) is 25.3. The second kappa shape index (κ2) is 8.76. The molecule has 2 aromatic rings. The maximum absolute atomic E-state index is 13.1. The van der Waals surface area contributed by atoms with Crippen LogP contribution in [0.3, 0.4) is 0 Å². The molecule has 1 heterocycles. The first-order valence-corrected chi connectivity index (χ1v) is 9.02. The van der Waals surface area contributed by atoms with E-state index in [4.69, 9.17) is 23.7 Å². The lowest BCUT2D eigenvalue weighted by atomic mass is 10.1. The van der Waals surface area contributed by atoms with Crippen LogP contribution in [0.4, 0.5) is 5.69 Å². The Morgan fingerprint density at radius 3 is 2.27 bits per heavy atom. The van der Waals surface area contributed by atoms with Gasteiger partial charge in [0, 0.05) is 25.2 Å². The highest BCUT2D eigenvalue weighted by Gasteiger charge is 2.29. The van der Waals surface area contributed by atoms with Crippen LogP contribution in [0, 0.1) is 10.1 Å². The van der Waals surface area contributed by atoms with E-state index < -0.39 is 10.8 Å². The van der Waals surface area contributed by atoms with Crippen LogP contribution in [0.2, 0.25) is 0 Å². The predicted octanol–water partition coefficient (Wildman–Crippen LogP) is 2.66. The predicted molar refractivity (Wildman–Crippen MR) is 106 cm³/mol. The number of carbonyl (C=O) groups excluding carboxylic acids is 1. The number of hydrogen-bond acceptors (Lipinski definition) is 8. The lowest BCUT2D eigenvalue weighted by molar-refractivity contribution is -0.385. The molecule has 0 saturated carbocycles. The number of hydrogen-bond donors (Lipinski definition) is 0. The zero-order valence-electron chi connectivity index (χ0n) is 17.1. The normalized spacial score (nSPS) is 12.1. The van der Waals surface area contributed by atoms with Crippen molar-refractivity contribution < 1.29 is 33.4 Å². The molecule has 1 amide bonds. The van der Waals surface area contributed by atoms with Crippen molar-refractivity contribution in [3.8, 4) is 28.7 Å². The number of rotatable bonds is 7. The highest BCUT2D eigenvalue weighted by molar-refractivity contribution is 5.99. The zero-order chi connectivity index (χ0) is 21.8. The summed E-state index contributed by atoms with van der Waals surface area (Å²) in [6.07, 6.45) is 0. The molecule has 0 radical (unpaired) electrons. The fourth-order valence-electron chi connectivity index (χ4n) is 3.22. The van der Waals surface area contributed by atoms with Gasteiger partial charge in [-0.15, -0.1) is 0 Å². The monoisotopic (exact) mass is 418 g/mol. The number of ether oxygens (including phenoxy) is 5. The molecular weight excluding hydrogens is 396 g/mol. The molecule has 1 aliphatic heterocycles. The summed E-state index contributed by atoms with van der Waals surface area (Å²) in [5.41, 5.74) is 0.202. The third-order valence-electron chi connectivity index (χ3n) is 4.63. The average Bonchev–Trinajstić information content (AvgIpc) is 2.76. The summed E-state index contributed by atoms with van der Waals surface area (Å²) in [5, 5.41) is 11.5. The van der Waals surface area contributed by atoms with E-state index in [0.29, 0.717) is 35.2 Å². The van der Waals surface area contributed by atoms with Gasteiger partial charge in [0.2, 0.25) is 5.75 Å². The molecule has 0 spiro atoms. The molecule has 30 heavy (non-hydrogen) atoms. The van der Waals surface area contributed by atoms with E-state index in [1.807, 2.05) is 0 Å². The van der Waals surface area contributed by atoms with Crippen molar-refractivity contribution in [3.63, 3.8) is 0 Å². The van der Waals surface area contributed by atoms with E-state index in [1.54, 1.807) is 19.2 Å². The van der Waals surface area contributed by atoms with Crippen molar-refractivity contribution in [1.82, 2.24) is 4.90 Å². The maximum atomic E-state index is 13.1. The Morgan fingerprint density at radius 1 is 1.07 bits per heavy atom. The van der Waals surface area contributed by atoms with Gasteiger partial charge in [-0.1, -0.05) is 0 Å². The highest BCUT2D eigenvalue weighted by Crippen LogP contribution is 2.41. The molecule has 0 fully saturated rings. The lowest BCUT2D eigenvalue weighted by Gasteiger charge is -2.22. The smallest absolute Gasteiger partial charge is 0.286 e. The molecule has 0 aliphatic carbocycles. The second-order valence-electron chi connectivity index (χ2n) is 6.42. The number of benzene rings is 2. The number of methoxy groups -OCH3 is 3. The molecular formula is C20H22N2O8. The number of nitro groups is 1. The molecule has 0 atom stereocenters. The molecule has 0 aromatic heterocycles. The van der Waals surface area contributed by atoms with Crippen LogP contribution < -0.4 is 23.7 Å². The van der Waals surface area contributed by atoms with E-state index in [0.717, 1.165) is 0 Å². The Morgan fingerprint density at radius 2 is 1.70 bits per heavy atom. The van der Waals surface area contributed by atoms with Gasteiger partial charge in [0.15, 0.2) is 23.0 Å². The Balaban J connectivity index is 1.94.